The number of pyridine rings is 1. The minimum atomic E-state index is -0.0363. The lowest BCUT2D eigenvalue weighted by molar-refractivity contribution is 0.0941. The molecule has 1 aliphatic carbocycles. The average Bonchev–Trinajstić information content (AvgIpc) is 2.98. The quantitative estimate of drug-likeness (QED) is 0.869. The summed E-state index contributed by atoms with van der Waals surface area (Å²) in [5, 5.41) is 4.10. The van der Waals surface area contributed by atoms with Gasteiger partial charge in [0, 0.05) is 23.7 Å². The molecule has 3 rings (SSSR count). The molecule has 0 fully saturated rings. The highest BCUT2D eigenvalue weighted by molar-refractivity contribution is 7.20. The van der Waals surface area contributed by atoms with Gasteiger partial charge < -0.3 is 11.1 Å². The standard InChI is InChI=1S/C20H29N3OS/c1-5-15(11-21)22-18(24)17-10-13-8-12-9-14(20(2,3)4)6-7-16(12)23-19(13)25-17/h8,10,14-15H,5-7,9,11,21H2,1-4H3,(H,22,24). The van der Waals surface area contributed by atoms with Crippen LogP contribution in [0.15, 0.2) is 12.1 Å². The van der Waals surface area contributed by atoms with Crippen LogP contribution >= 0.6 is 11.3 Å². The molecule has 2 aromatic heterocycles. The molecular weight excluding hydrogens is 330 g/mol. The zero-order valence-electron chi connectivity index (χ0n) is 15.7. The number of hydrogen-bond acceptors (Lipinski definition) is 4. The number of nitrogens with one attached hydrogen (secondary N) is 1. The van der Waals surface area contributed by atoms with Crippen molar-refractivity contribution in [1.82, 2.24) is 10.3 Å². The molecule has 0 saturated carbocycles. The molecule has 3 N–H and O–H groups in total. The van der Waals surface area contributed by atoms with E-state index >= 15 is 0 Å². The Bertz CT molecular complexity index is 771. The first-order chi connectivity index (χ1) is 11.8. The van der Waals surface area contributed by atoms with Gasteiger partial charge >= 0.3 is 0 Å². The number of carbonyl (C=O) groups excluding carboxylic acids is 1. The number of nitrogens with zero attached hydrogens (tertiary/aromatic N) is 1. The van der Waals surface area contributed by atoms with Gasteiger partial charge in [0.15, 0.2) is 0 Å². The first kappa shape index (κ1) is 18.3. The SMILES string of the molecule is CCC(CN)NC(=O)c1cc2cc3c(nc2s1)CCC(C(C)(C)C)C3. The Morgan fingerprint density at radius 2 is 2.20 bits per heavy atom. The van der Waals surface area contributed by atoms with Crippen molar-refractivity contribution < 1.29 is 4.79 Å². The van der Waals surface area contributed by atoms with Crippen LogP contribution in [0.1, 0.15) is 61.5 Å². The van der Waals surface area contributed by atoms with Gasteiger partial charge in [0.1, 0.15) is 4.83 Å². The third kappa shape index (κ3) is 3.87. The largest absolute Gasteiger partial charge is 0.347 e. The Hall–Kier alpha value is -1.46. The summed E-state index contributed by atoms with van der Waals surface area (Å²) in [6.45, 7) is 9.47. The Morgan fingerprint density at radius 3 is 2.84 bits per heavy atom. The van der Waals surface area contributed by atoms with Crippen LogP contribution in [0.25, 0.3) is 10.2 Å². The van der Waals surface area contributed by atoms with Gasteiger partial charge in [0.25, 0.3) is 5.91 Å². The van der Waals surface area contributed by atoms with Crippen LogP contribution in [0.2, 0.25) is 0 Å². The van der Waals surface area contributed by atoms with Gasteiger partial charge in [0.2, 0.25) is 0 Å². The van der Waals surface area contributed by atoms with Crippen molar-refractivity contribution in [2.75, 3.05) is 6.54 Å². The number of amides is 1. The van der Waals surface area contributed by atoms with E-state index < -0.39 is 0 Å². The number of thiophene rings is 1. The highest BCUT2D eigenvalue weighted by Crippen LogP contribution is 2.38. The summed E-state index contributed by atoms with van der Waals surface area (Å²) in [6.07, 6.45) is 4.16. The monoisotopic (exact) mass is 359 g/mol. The summed E-state index contributed by atoms with van der Waals surface area (Å²) >= 11 is 1.48. The number of aromatic nitrogens is 1. The minimum absolute atomic E-state index is 0.0337. The van der Waals surface area contributed by atoms with Crippen LogP contribution in [0.3, 0.4) is 0 Å². The molecule has 5 heteroatoms. The lowest BCUT2D eigenvalue weighted by Gasteiger charge is -2.34. The van der Waals surface area contributed by atoms with Crippen LogP contribution in [0.4, 0.5) is 0 Å². The van der Waals surface area contributed by atoms with E-state index in [1.807, 2.05) is 13.0 Å². The molecule has 0 bridgehead atoms. The molecule has 1 aliphatic rings. The first-order valence-corrected chi connectivity index (χ1v) is 10.1. The molecule has 2 heterocycles. The first-order valence-electron chi connectivity index (χ1n) is 9.25. The fourth-order valence-electron chi connectivity index (χ4n) is 3.56. The van der Waals surface area contributed by atoms with Crippen molar-refractivity contribution in [3.8, 4) is 0 Å². The second kappa shape index (κ2) is 7.04. The van der Waals surface area contributed by atoms with Crippen LogP contribution in [0, 0.1) is 11.3 Å². The van der Waals surface area contributed by atoms with Crippen LogP contribution < -0.4 is 11.1 Å². The Morgan fingerprint density at radius 1 is 1.44 bits per heavy atom. The normalized spacial score (nSPS) is 18.8. The number of hydrogen-bond donors (Lipinski definition) is 2. The summed E-state index contributed by atoms with van der Waals surface area (Å²) in [5.74, 6) is 0.654. The zero-order valence-corrected chi connectivity index (χ0v) is 16.5. The molecule has 0 aromatic carbocycles. The van der Waals surface area contributed by atoms with Crippen LogP contribution in [0.5, 0.6) is 0 Å². The van der Waals surface area contributed by atoms with Crippen LogP contribution in [-0.4, -0.2) is 23.5 Å². The predicted molar refractivity (Wildman–Crippen MR) is 105 cm³/mol. The summed E-state index contributed by atoms with van der Waals surface area (Å²) in [7, 11) is 0. The lowest BCUT2D eigenvalue weighted by Crippen LogP contribution is -2.39. The number of nitrogens with two attached hydrogens (primary N) is 1. The lowest BCUT2D eigenvalue weighted by atomic mass is 9.71. The summed E-state index contributed by atoms with van der Waals surface area (Å²) in [4.78, 5) is 19.0. The molecule has 0 spiro atoms. The van der Waals surface area contributed by atoms with E-state index in [1.165, 1.54) is 29.0 Å². The number of fused-ring (bicyclic) bond motifs is 2. The van der Waals surface area contributed by atoms with Gasteiger partial charge in [-0.25, -0.2) is 4.98 Å². The smallest absolute Gasteiger partial charge is 0.261 e. The molecule has 2 aromatic rings. The summed E-state index contributed by atoms with van der Waals surface area (Å²) < 4.78 is 0. The molecule has 0 saturated heterocycles. The van der Waals surface area contributed by atoms with Crippen LogP contribution in [-0.2, 0) is 12.8 Å². The van der Waals surface area contributed by atoms with E-state index in [-0.39, 0.29) is 11.9 Å². The Labute approximate surface area is 154 Å². The number of aryl methyl sites for hydroxylation is 1. The van der Waals surface area contributed by atoms with Crippen molar-refractivity contribution >= 4 is 27.5 Å². The maximum absolute atomic E-state index is 12.5. The minimum Gasteiger partial charge on any atom is -0.347 e. The van der Waals surface area contributed by atoms with Gasteiger partial charge in [-0.1, -0.05) is 27.7 Å². The van der Waals surface area contributed by atoms with Crippen molar-refractivity contribution in [2.45, 2.75) is 59.4 Å². The Balaban J connectivity index is 1.86. The molecule has 136 valence electrons. The van der Waals surface area contributed by atoms with E-state index in [0.29, 0.717) is 17.9 Å². The molecule has 4 nitrogen and oxygen atoms in total. The van der Waals surface area contributed by atoms with Gasteiger partial charge in [0.05, 0.1) is 4.88 Å². The fraction of sp³-hybridized carbons (Fsp3) is 0.600. The maximum Gasteiger partial charge on any atom is 0.261 e. The third-order valence-electron chi connectivity index (χ3n) is 5.43. The highest BCUT2D eigenvalue weighted by atomic mass is 32.1. The van der Waals surface area contributed by atoms with Crippen molar-refractivity contribution in [3.63, 3.8) is 0 Å². The fourth-order valence-corrected chi connectivity index (χ4v) is 4.50. The molecule has 0 aliphatic heterocycles. The Kier molecular flexibility index (Phi) is 5.16. The molecular formula is C20H29N3OS. The van der Waals surface area contributed by atoms with E-state index in [0.717, 1.165) is 34.4 Å². The predicted octanol–water partition coefficient (Wildman–Crippen LogP) is 3.91. The molecule has 0 radical (unpaired) electrons. The maximum atomic E-state index is 12.5. The number of carbonyl (C=O) groups is 1. The van der Waals surface area contributed by atoms with E-state index in [1.54, 1.807) is 0 Å². The van der Waals surface area contributed by atoms with Crippen molar-refractivity contribution in [2.24, 2.45) is 17.1 Å². The van der Waals surface area contributed by atoms with Gasteiger partial charge in [-0.3, -0.25) is 4.79 Å². The molecule has 1 amide bonds. The average molecular weight is 360 g/mol. The molecule has 2 atom stereocenters. The van der Waals surface area contributed by atoms with Gasteiger partial charge in [-0.2, -0.15) is 0 Å². The van der Waals surface area contributed by atoms with E-state index in [2.05, 4.69) is 32.2 Å². The van der Waals surface area contributed by atoms with Gasteiger partial charge in [-0.15, -0.1) is 11.3 Å². The molecule has 2 unspecified atom stereocenters. The highest BCUT2D eigenvalue weighted by Gasteiger charge is 2.29. The zero-order chi connectivity index (χ0) is 18.2. The summed E-state index contributed by atoms with van der Waals surface area (Å²) in [5.41, 5.74) is 8.59. The molecule has 25 heavy (non-hydrogen) atoms. The number of rotatable bonds is 4. The second-order valence-electron chi connectivity index (χ2n) is 8.22. The summed E-state index contributed by atoms with van der Waals surface area (Å²) in [6, 6.07) is 4.27. The van der Waals surface area contributed by atoms with Gasteiger partial charge in [-0.05, 0) is 54.7 Å². The second-order valence-corrected chi connectivity index (χ2v) is 9.25. The van der Waals surface area contributed by atoms with Crippen molar-refractivity contribution in [3.05, 3.63) is 28.3 Å². The third-order valence-corrected chi connectivity index (χ3v) is 6.48. The topological polar surface area (TPSA) is 68.0 Å². The van der Waals surface area contributed by atoms with E-state index in [4.69, 9.17) is 10.7 Å². The van der Waals surface area contributed by atoms with Crippen molar-refractivity contribution in [1.29, 1.82) is 0 Å². The van der Waals surface area contributed by atoms with E-state index in [9.17, 15) is 4.79 Å².